The second-order valence-electron chi connectivity index (χ2n) is 8.84. The second-order valence-corrected chi connectivity index (χ2v) is 10.7. The largest absolute Gasteiger partial charge is 0.488 e. The van der Waals surface area contributed by atoms with E-state index in [1.807, 2.05) is 52.0 Å². The van der Waals surface area contributed by atoms with Gasteiger partial charge in [-0.2, -0.15) is 5.26 Å². The number of carbonyl (C=O) groups excluding carboxylic acids is 2. The van der Waals surface area contributed by atoms with Crippen molar-refractivity contribution < 1.29 is 23.8 Å². The van der Waals surface area contributed by atoms with Gasteiger partial charge in [-0.3, -0.25) is 14.9 Å². The van der Waals surface area contributed by atoms with Crippen molar-refractivity contribution >= 4 is 44.9 Å². The Kier molecular flexibility index (Phi) is 7.15. The highest BCUT2D eigenvalue weighted by atomic mass is 79.9. The van der Waals surface area contributed by atoms with Crippen LogP contribution < -0.4 is 19.5 Å². The van der Waals surface area contributed by atoms with Crippen LogP contribution in [0.15, 0.2) is 27.6 Å². The fourth-order valence-electron chi connectivity index (χ4n) is 4.23. The minimum Gasteiger partial charge on any atom is -0.488 e. The molecule has 1 unspecified atom stereocenters. The van der Waals surface area contributed by atoms with Gasteiger partial charge in [-0.25, -0.2) is 0 Å². The first-order chi connectivity index (χ1) is 16.6. The quantitative estimate of drug-likeness (QED) is 0.451. The van der Waals surface area contributed by atoms with Gasteiger partial charge in [-0.15, -0.1) is 0 Å². The number of fused-ring (bicyclic) bond motifs is 1. The van der Waals surface area contributed by atoms with Gasteiger partial charge in [-0.05, 0) is 109 Å². The number of amides is 2. The first-order valence-corrected chi connectivity index (χ1v) is 12.7. The molecule has 2 aromatic rings. The van der Waals surface area contributed by atoms with Crippen LogP contribution in [0.5, 0.6) is 17.2 Å². The van der Waals surface area contributed by atoms with Crippen molar-refractivity contribution in [2.45, 2.75) is 46.1 Å². The van der Waals surface area contributed by atoms with Crippen LogP contribution in [0.2, 0.25) is 0 Å². The molecule has 1 N–H and O–H groups in total. The Balaban J connectivity index is 1.49. The number of thioether (sulfide) groups is 1. The van der Waals surface area contributed by atoms with Crippen molar-refractivity contribution in [3.05, 3.63) is 55.4 Å². The van der Waals surface area contributed by atoms with Gasteiger partial charge in [0.1, 0.15) is 35.5 Å². The summed E-state index contributed by atoms with van der Waals surface area (Å²) in [6.07, 6.45) is 3.25. The fourth-order valence-corrected chi connectivity index (χ4v) is 5.42. The van der Waals surface area contributed by atoms with Gasteiger partial charge in [0.15, 0.2) is 6.61 Å². The number of imide groups is 1. The van der Waals surface area contributed by atoms with Crippen molar-refractivity contribution in [3.8, 4) is 23.3 Å². The van der Waals surface area contributed by atoms with Crippen molar-refractivity contribution in [1.29, 1.82) is 5.26 Å². The fraction of sp³-hybridized carbons (Fsp3) is 0.346. The van der Waals surface area contributed by atoms with Crippen LogP contribution in [0.25, 0.3) is 6.08 Å². The number of rotatable bonds is 6. The predicted molar refractivity (Wildman–Crippen MR) is 138 cm³/mol. The summed E-state index contributed by atoms with van der Waals surface area (Å²) in [6.45, 7) is 8.42. The van der Waals surface area contributed by atoms with Crippen molar-refractivity contribution in [3.63, 3.8) is 0 Å². The van der Waals surface area contributed by atoms with E-state index in [1.165, 1.54) is 0 Å². The lowest BCUT2D eigenvalue weighted by Gasteiger charge is -2.38. The maximum absolute atomic E-state index is 11.8. The van der Waals surface area contributed by atoms with E-state index < -0.39 is 5.60 Å². The molecule has 35 heavy (non-hydrogen) atoms. The highest BCUT2D eigenvalue weighted by Crippen LogP contribution is 2.44. The summed E-state index contributed by atoms with van der Waals surface area (Å²) in [4.78, 5) is 23.5. The lowest BCUT2D eigenvalue weighted by atomic mass is 9.87. The molecule has 2 heterocycles. The van der Waals surface area contributed by atoms with E-state index in [0.717, 1.165) is 68.4 Å². The maximum Gasteiger partial charge on any atom is 0.290 e. The van der Waals surface area contributed by atoms with E-state index >= 15 is 0 Å². The summed E-state index contributed by atoms with van der Waals surface area (Å²) in [5, 5.41) is 10.8. The molecule has 7 nitrogen and oxygen atoms in total. The lowest BCUT2D eigenvalue weighted by Crippen LogP contribution is -2.42. The Morgan fingerprint density at radius 2 is 2.00 bits per heavy atom. The number of nitrogens with one attached hydrogen (secondary N) is 1. The molecule has 0 saturated carbocycles. The lowest BCUT2D eigenvalue weighted by molar-refractivity contribution is -0.115. The smallest absolute Gasteiger partial charge is 0.290 e. The van der Waals surface area contributed by atoms with Gasteiger partial charge in [-0.1, -0.05) is 6.07 Å². The number of benzene rings is 2. The number of halogens is 1. The Morgan fingerprint density at radius 1 is 1.23 bits per heavy atom. The van der Waals surface area contributed by atoms with Crippen molar-refractivity contribution in [1.82, 2.24) is 5.32 Å². The normalized spacial score (nSPS) is 20.2. The first-order valence-electron chi connectivity index (χ1n) is 11.1. The molecule has 1 saturated heterocycles. The highest BCUT2D eigenvalue weighted by Gasteiger charge is 2.36. The highest BCUT2D eigenvalue weighted by molar-refractivity contribution is 9.10. The molecule has 4 rings (SSSR count). The molecule has 2 aromatic carbocycles. The van der Waals surface area contributed by atoms with Gasteiger partial charge in [0, 0.05) is 5.56 Å². The zero-order chi connectivity index (χ0) is 25.3. The first kappa shape index (κ1) is 25.1. The number of nitriles is 1. The number of hydrogen-bond donors (Lipinski definition) is 1. The SMILES string of the molecule is Cc1c(C)c2c(c(C)c1OCC#N)CCC(C)(COc1ccc(/C=C3/SC(=O)NC3=O)cc1Br)O2. The predicted octanol–water partition coefficient (Wildman–Crippen LogP) is 5.76. The minimum absolute atomic E-state index is 0.0151. The molecule has 2 aliphatic rings. The van der Waals surface area contributed by atoms with Gasteiger partial charge in [0.25, 0.3) is 11.1 Å². The van der Waals surface area contributed by atoms with Crippen LogP contribution in [-0.2, 0) is 11.2 Å². The Hall–Kier alpha value is -2.96. The summed E-state index contributed by atoms with van der Waals surface area (Å²) in [6, 6.07) is 7.54. The molecule has 0 radical (unpaired) electrons. The number of hydrogen-bond acceptors (Lipinski definition) is 7. The average molecular weight is 557 g/mol. The van der Waals surface area contributed by atoms with E-state index in [4.69, 9.17) is 19.5 Å². The molecular formula is C26H25BrN2O5S. The van der Waals surface area contributed by atoms with E-state index in [1.54, 1.807) is 6.08 Å². The number of ether oxygens (including phenoxy) is 3. The van der Waals surface area contributed by atoms with E-state index in [9.17, 15) is 9.59 Å². The summed E-state index contributed by atoms with van der Waals surface area (Å²) >= 11 is 4.43. The molecule has 2 amide bonds. The molecule has 1 atom stereocenters. The van der Waals surface area contributed by atoms with Gasteiger partial charge in [0.05, 0.1) is 9.38 Å². The van der Waals surface area contributed by atoms with Crippen LogP contribution in [0.4, 0.5) is 4.79 Å². The summed E-state index contributed by atoms with van der Waals surface area (Å²) in [5.41, 5.74) is 4.38. The summed E-state index contributed by atoms with van der Waals surface area (Å²) in [5.74, 6) is 1.91. The molecule has 2 aliphatic heterocycles. The third kappa shape index (κ3) is 5.19. The Morgan fingerprint density at radius 3 is 2.66 bits per heavy atom. The van der Waals surface area contributed by atoms with Crippen LogP contribution >= 0.6 is 27.7 Å². The van der Waals surface area contributed by atoms with E-state index in [0.29, 0.717) is 17.3 Å². The molecule has 0 spiro atoms. The Labute approximate surface area is 216 Å². The van der Waals surface area contributed by atoms with E-state index in [-0.39, 0.29) is 17.8 Å². The molecule has 0 aliphatic carbocycles. The Bertz CT molecular complexity index is 1300. The molecule has 9 heteroatoms. The summed E-state index contributed by atoms with van der Waals surface area (Å²) in [7, 11) is 0. The maximum atomic E-state index is 11.8. The molecular weight excluding hydrogens is 532 g/mol. The van der Waals surface area contributed by atoms with Crippen LogP contribution in [0, 0.1) is 32.1 Å². The standard InChI is InChI=1S/C26H25BrN2O5S/c1-14-15(2)23-18(16(3)22(14)32-10-9-28)7-8-26(4,34-23)13-33-20-6-5-17(11-19(20)27)12-21-24(30)29-25(31)35-21/h5-6,11-12H,7-8,10,13H2,1-4H3,(H,29,30,31)/b21-12+. The van der Waals surface area contributed by atoms with Gasteiger partial charge in [0.2, 0.25) is 0 Å². The second kappa shape index (κ2) is 9.96. The average Bonchev–Trinajstić information content (AvgIpc) is 3.13. The summed E-state index contributed by atoms with van der Waals surface area (Å²) < 4.78 is 19.1. The molecule has 1 fully saturated rings. The number of carbonyl (C=O) groups is 2. The van der Waals surface area contributed by atoms with Gasteiger partial charge < -0.3 is 14.2 Å². The van der Waals surface area contributed by atoms with Crippen LogP contribution in [0.1, 0.15) is 41.2 Å². The van der Waals surface area contributed by atoms with E-state index in [2.05, 4.69) is 21.2 Å². The third-order valence-corrected chi connectivity index (χ3v) is 7.70. The topological polar surface area (TPSA) is 97.6 Å². The number of nitrogens with zero attached hydrogens (tertiary/aromatic N) is 1. The third-order valence-electron chi connectivity index (χ3n) is 6.27. The molecule has 0 aromatic heterocycles. The van der Waals surface area contributed by atoms with Crippen molar-refractivity contribution in [2.75, 3.05) is 13.2 Å². The zero-order valence-electron chi connectivity index (χ0n) is 19.9. The van der Waals surface area contributed by atoms with Crippen LogP contribution in [-0.4, -0.2) is 30.0 Å². The zero-order valence-corrected chi connectivity index (χ0v) is 22.3. The minimum atomic E-state index is -0.523. The van der Waals surface area contributed by atoms with Crippen molar-refractivity contribution in [2.24, 2.45) is 0 Å². The van der Waals surface area contributed by atoms with Crippen LogP contribution in [0.3, 0.4) is 0 Å². The van der Waals surface area contributed by atoms with Gasteiger partial charge >= 0.3 is 0 Å². The molecule has 0 bridgehead atoms. The monoisotopic (exact) mass is 556 g/mol. The molecule has 182 valence electrons.